The Morgan fingerprint density at radius 3 is 2.24 bits per heavy atom. The van der Waals surface area contributed by atoms with Crippen molar-refractivity contribution in [3.8, 4) is 28.7 Å². The lowest BCUT2D eigenvalue weighted by atomic mass is 9.99. The van der Waals surface area contributed by atoms with Gasteiger partial charge >= 0.3 is 11.9 Å². The molecule has 1 heterocycles. The van der Waals surface area contributed by atoms with Gasteiger partial charge in [-0.25, -0.2) is 4.79 Å². The fraction of sp³-hybridized carbons (Fsp3) is 0.333. The molecule has 1 saturated heterocycles. The van der Waals surface area contributed by atoms with Crippen molar-refractivity contribution in [2.24, 2.45) is 0 Å². The summed E-state index contributed by atoms with van der Waals surface area (Å²) in [6, 6.07) is 4.86. The Morgan fingerprint density at radius 1 is 0.882 bits per heavy atom. The summed E-state index contributed by atoms with van der Waals surface area (Å²) in [5, 5.41) is 77.6. The monoisotopic (exact) mass is 482 g/mol. The first-order chi connectivity index (χ1) is 16.0. The normalized spacial score (nSPS) is 24.4. The van der Waals surface area contributed by atoms with E-state index in [1.807, 2.05) is 0 Å². The van der Waals surface area contributed by atoms with Crippen molar-refractivity contribution >= 4 is 11.9 Å². The van der Waals surface area contributed by atoms with Crippen molar-refractivity contribution in [1.82, 2.24) is 0 Å². The number of esters is 2. The van der Waals surface area contributed by atoms with Gasteiger partial charge in [-0.15, -0.1) is 0 Å². The molecule has 5 unspecified atom stereocenters. The van der Waals surface area contributed by atoms with Crippen molar-refractivity contribution in [2.45, 2.75) is 37.1 Å². The van der Waals surface area contributed by atoms with Crippen LogP contribution < -0.4 is 4.74 Å². The average molecular weight is 482 g/mol. The molecule has 5 atom stereocenters. The molecule has 0 aliphatic carbocycles. The summed E-state index contributed by atoms with van der Waals surface area (Å²) in [5.41, 5.74) is -0.503. The summed E-state index contributed by atoms with van der Waals surface area (Å²) in [5.74, 6) is -4.89. The summed E-state index contributed by atoms with van der Waals surface area (Å²) in [6.45, 7) is -0.745. The SMILES string of the molecule is O=C(Cc1c(O)cc(O)cc1OC(=O)c1ccc(O)c(O)c1)OC1OC(CO)C(O)C(O)C1O. The Labute approximate surface area is 191 Å². The minimum Gasteiger partial charge on any atom is -0.508 e. The number of carbonyl (C=O) groups is 2. The topological polar surface area (TPSA) is 224 Å². The van der Waals surface area contributed by atoms with Crippen LogP contribution in [0, 0.1) is 0 Å². The molecule has 0 amide bonds. The smallest absolute Gasteiger partial charge is 0.343 e. The van der Waals surface area contributed by atoms with Gasteiger partial charge in [-0.2, -0.15) is 0 Å². The van der Waals surface area contributed by atoms with Gasteiger partial charge in [-0.3, -0.25) is 4.79 Å². The molecule has 13 heteroatoms. The standard InChI is InChI=1S/C21H22O13/c22-7-15-17(28)18(29)19(30)21(33-15)34-16(27)6-10-12(25)4-9(23)5-14(10)32-20(31)8-1-2-11(24)13(26)3-8/h1-5,15,17-19,21-26,28-30H,6-7H2. The maximum absolute atomic E-state index is 12.4. The van der Waals surface area contributed by atoms with Gasteiger partial charge in [0.25, 0.3) is 0 Å². The Kier molecular flexibility index (Phi) is 7.44. The quantitative estimate of drug-likeness (QED) is 0.135. The fourth-order valence-corrected chi connectivity index (χ4v) is 3.17. The number of rotatable bonds is 6. The van der Waals surface area contributed by atoms with E-state index >= 15 is 0 Å². The minimum absolute atomic E-state index is 0.201. The van der Waals surface area contributed by atoms with E-state index in [9.17, 15) is 50.4 Å². The van der Waals surface area contributed by atoms with Gasteiger partial charge in [0.05, 0.1) is 18.6 Å². The number of ether oxygens (including phenoxy) is 3. The van der Waals surface area contributed by atoms with E-state index in [1.54, 1.807) is 0 Å². The minimum atomic E-state index is -1.85. The molecule has 0 radical (unpaired) electrons. The Hall–Kier alpha value is -3.62. The molecule has 0 aromatic heterocycles. The van der Waals surface area contributed by atoms with Gasteiger partial charge < -0.3 is 55.1 Å². The van der Waals surface area contributed by atoms with Crippen LogP contribution in [-0.4, -0.2) is 90.1 Å². The molecule has 13 nitrogen and oxygen atoms in total. The van der Waals surface area contributed by atoms with E-state index in [1.165, 1.54) is 0 Å². The second-order valence-electron chi connectivity index (χ2n) is 7.40. The second-order valence-corrected chi connectivity index (χ2v) is 7.40. The number of hydrogen-bond donors (Lipinski definition) is 8. The van der Waals surface area contributed by atoms with E-state index in [0.717, 1.165) is 30.3 Å². The molecule has 0 spiro atoms. The van der Waals surface area contributed by atoms with E-state index < -0.39 is 84.4 Å². The lowest BCUT2D eigenvalue weighted by Gasteiger charge is -2.39. The fourth-order valence-electron chi connectivity index (χ4n) is 3.17. The Bertz CT molecular complexity index is 1070. The first-order valence-electron chi connectivity index (χ1n) is 9.80. The average Bonchev–Trinajstić information content (AvgIpc) is 2.78. The molecule has 0 bridgehead atoms. The molecule has 2 aromatic carbocycles. The first-order valence-corrected chi connectivity index (χ1v) is 9.80. The van der Waals surface area contributed by atoms with Gasteiger partial charge in [-0.05, 0) is 18.2 Å². The molecule has 3 rings (SSSR count). The highest BCUT2D eigenvalue weighted by molar-refractivity contribution is 5.92. The number of carbonyl (C=O) groups excluding carboxylic acids is 2. The van der Waals surface area contributed by atoms with E-state index in [0.29, 0.717) is 0 Å². The number of phenols is 4. The largest absolute Gasteiger partial charge is 0.508 e. The second kappa shape index (κ2) is 10.1. The molecular weight excluding hydrogens is 460 g/mol. The molecule has 8 N–H and O–H groups in total. The molecule has 0 saturated carbocycles. The van der Waals surface area contributed by atoms with E-state index in [2.05, 4.69) is 0 Å². The van der Waals surface area contributed by atoms with Gasteiger partial charge in [-0.1, -0.05) is 0 Å². The van der Waals surface area contributed by atoms with Crippen LogP contribution in [0.3, 0.4) is 0 Å². The van der Waals surface area contributed by atoms with Crippen LogP contribution in [0.15, 0.2) is 30.3 Å². The highest BCUT2D eigenvalue weighted by Gasteiger charge is 2.45. The maximum Gasteiger partial charge on any atom is 0.343 e. The van der Waals surface area contributed by atoms with E-state index in [-0.39, 0.29) is 11.1 Å². The van der Waals surface area contributed by atoms with Gasteiger partial charge in [0.1, 0.15) is 41.7 Å². The molecule has 1 aliphatic rings. The zero-order valence-corrected chi connectivity index (χ0v) is 17.3. The number of benzene rings is 2. The molecule has 34 heavy (non-hydrogen) atoms. The van der Waals surface area contributed by atoms with Crippen LogP contribution in [-0.2, 0) is 20.7 Å². The highest BCUT2D eigenvalue weighted by atomic mass is 16.7. The van der Waals surface area contributed by atoms with Crippen LogP contribution in [0.4, 0.5) is 0 Å². The lowest BCUT2D eigenvalue weighted by Crippen LogP contribution is -2.59. The summed E-state index contributed by atoms with van der Waals surface area (Å²) in [4.78, 5) is 24.9. The van der Waals surface area contributed by atoms with Gasteiger partial charge in [0.2, 0.25) is 6.29 Å². The molecule has 2 aromatic rings. The van der Waals surface area contributed by atoms with Crippen molar-refractivity contribution in [3.05, 3.63) is 41.5 Å². The first kappa shape index (κ1) is 25.0. The highest BCUT2D eigenvalue weighted by Crippen LogP contribution is 2.35. The Balaban J connectivity index is 1.78. The third-order valence-corrected chi connectivity index (χ3v) is 5.00. The predicted molar refractivity (Wildman–Crippen MR) is 108 cm³/mol. The number of aliphatic hydroxyl groups is 4. The molecular formula is C21H22O13. The zero-order valence-electron chi connectivity index (χ0n) is 17.3. The third kappa shape index (κ3) is 5.30. The van der Waals surface area contributed by atoms with E-state index in [4.69, 9.17) is 14.2 Å². The number of aliphatic hydroxyl groups excluding tert-OH is 4. The number of aromatic hydroxyl groups is 4. The summed E-state index contributed by atoms with van der Waals surface area (Å²) < 4.78 is 15.1. The van der Waals surface area contributed by atoms with Crippen LogP contribution in [0.5, 0.6) is 28.7 Å². The number of phenolic OH excluding ortho intramolecular Hbond substituents is 4. The van der Waals surface area contributed by atoms with Crippen LogP contribution in [0.2, 0.25) is 0 Å². The zero-order chi connectivity index (χ0) is 25.2. The summed E-state index contributed by atoms with van der Waals surface area (Å²) in [6.07, 6.45) is -9.16. The van der Waals surface area contributed by atoms with Crippen molar-refractivity contribution in [3.63, 3.8) is 0 Å². The molecule has 1 aliphatic heterocycles. The van der Waals surface area contributed by atoms with Crippen molar-refractivity contribution in [1.29, 1.82) is 0 Å². The van der Waals surface area contributed by atoms with Crippen LogP contribution >= 0.6 is 0 Å². The summed E-state index contributed by atoms with van der Waals surface area (Å²) in [7, 11) is 0. The lowest BCUT2D eigenvalue weighted by molar-refractivity contribution is -0.292. The summed E-state index contributed by atoms with van der Waals surface area (Å²) >= 11 is 0. The van der Waals surface area contributed by atoms with Gasteiger partial charge in [0.15, 0.2) is 11.5 Å². The third-order valence-electron chi connectivity index (χ3n) is 5.00. The van der Waals surface area contributed by atoms with Gasteiger partial charge in [0, 0.05) is 17.7 Å². The molecule has 1 fully saturated rings. The van der Waals surface area contributed by atoms with Crippen molar-refractivity contribution in [2.75, 3.05) is 6.61 Å². The number of hydrogen-bond acceptors (Lipinski definition) is 13. The van der Waals surface area contributed by atoms with Crippen molar-refractivity contribution < 1.29 is 64.7 Å². The Morgan fingerprint density at radius 2 is 1.59 bits per heavy atom. The van der Waals surface area contributed by atoms with Crippen LogP contribution in [0.1, 0.15) is 15.9 Å². The predicted octanol–water partition coefficient (Wildman–Crippen LogP) is -1.39. The maximum atomic E-state index is 12.4. The molecule has 184 valence electrons. The van der Waals surface area contributed by atoms with Crippen LogP contribution in [0.25, 0.3) is 0 Å².